The molecule has 0 atom stereocenters. The van der Waals surface area contributed by atoms with Crippen LogP contribution in [0, 0.1) is 0 Å². The molecule has 1 aliphatic heterocycles. The summed E-state index contributed by atoms with van der Waals surface area (Å²) >= 11 is 1.62. The number of carbonyl (C=O) groups excluding carboxylic acids is 1. The standard InChI is InChI=1S/C23H24N2O4S/c1-4-25-19(17-6-8-21-22(12-17)29-10-9-28-21)13-24-23(25)30-14-18-11-16(15(2)26)5-7-20(18)27-3/h5-8,11-13H,4,9-10,14H2,1-3H3. The number of ketones is 1. The number of Topliss-reactive ketones (excluding diaryl/α,β-unsaturated/α-hetero) is 1. The van der Waals surface area contributed by atoms with Gasteiger partial charge in [0.2, 0.25) is 0 Å². The third-order valence-corrected chi connectivity index (χ3v) is 6.06. The predicted molar refractivity (Wildman–Crippen MR) is 117 cm³/mol. The first-order valence-electron chi connectivity index (χ1n) is 9.87. The molecular weight excluding hydrogens is 400 g/mol. The van der Waals surface area contributed by atoms with E-state index in [4.69, 9.17) is 14.2 Å². The molecule has 0 fully saturated rings. The van der Waals surface area contributed by atoms with Crippen molar-refractivity contribution in [1.82, 2.24) is 9.55 Å². The van der Waals surface area contributed by atoms with Crippen molar-refractivity contribution < 1.29 is 19.0 Å². The van der Waals surface area contributed by atoms with Gasteiger partial charge in [-0.25, -0.2) is 4.98 Å². The van der Waals surface area contributed by atoms with Crippen molar-refractivity contribution in [3.05, 3.63) is 53.7 Å². The number of aromatic nitrogens is 2. The van der Waals surface area contributed by atoms with Gasteiger partial charge in [0.1, 0.15) is 19.0 Å². The lowest BCUT2D eigenvalue weighted by molar-refractivity contribution is 0.101. The van der Waals surface area contributed by atoms with Gasteiger partial charge in [-0.3, -0.25) is 4.79 Å². The van der Waals surface area contributed by atoms with E-state index in [1.807, 2.05) is 36.5 Å². The van der Waals surface area contributed by atoms with E-state index in [-0.39, 0.29) is 5.78 Å². The molecule has 1 aromatic heterocycles. The van der Waals surface area contributed by atoms with E-state index in [1.54, 1.807) is 31.9 Å². The first kappa shape index (κ1) is 20.3. The maximum atomic E-state index is 11.8. The molecule has 1 aliphatic rings. The van der Waals surface area contributed by atoms with Crippen LogP contribution in [-0.4, -0.2) is 35.7 Å². The number of methoxy groups -OCH3 is 1. The van der Waals surface area contributed by atoms with Crippen LogP contribution >= 0.6 is 11.8 Å². The van der Waals surface area contributed by atoms with Crippen LogP contribution in [0.15, 0.2) is 47.8 Å². The van der Waals surface area contributed by atoms with Crippen molar-refractivity contribution >= 4 is 17.5 Å². The third kappa shape index (κ3) is 4.03. The second kappa shape index (κ2) is 8.83. The molecule has 6 nitrogen and oxygen atoms in total. The average Bonchev–Trinajstić information content (AvgIpc) is 3.19. The number of nitrogens with zero attached hydrogens (tertiary/aromatic N) is 2. The molecule has 0 spiro atoms. The highest BCUT2D eigenvalue weighted by Gasteiger charge is 2.17. The minimum atomic E-state index is 0.0415. The normalized spacial score (nSPS) is 12.6. The smallest absolute Gasteiger partial charge is 0.168 e. The van der Waals surface area contributed by atoms with Crippen LogP contribution < -0.4 is 14.2 Å². The maximum absolute atomic E-state index is 11.8. The first-order chi connectivity index (χ1) is 14.6. The monoisotopic (exact) mass is 424 g/mol. The van der Waals surface area contributed by atoms with Crippen LogP contribution in [0.25, 0.3) is 11.3 Å². The molecule has 0 unspecified atom stereocenters. The molecule has 7 heteroatoms. The summed E-state index contributed by atoms with van der Waals surface area (Å²) in [6.45, 7) is 5.60. The van der Waals surface area contributed by atoms with Crippen LogP contribution in [0.4, 0.5) is 0 Å². The summed E-state index contributed by atoms with van der Waals surface area (Å²) in [5, 5.41) is 0.915. The molecule has 30 heavy (non-hydrogen) atoms. The van der Waals surface area contributed by atoms with Crippen molar-refractivity contribution in [1.29, 1.82) is 0 Å². The molecule has 0 radical (unpaired) electrons. The fourth-order valence-corrected chi connectivity index (χ4v) is 4.49. The molecule has 3 aromatic rings. The topological polar surface area (TPSA) is 62.6 Å². The lowest BCUT2D eigenvalue weighted by Gasteiger charge is -2.19. The van der Waals surface area contributed by atoms with Crippen molar-refractivity contribution in [3.8, 4) is 28.5 Å². The summed E-state index contributed by atoms with van der Waals surface area (Å²) < 4.78 is 19.0. The van der Waals surface area contributed by atoms with E-state index < -0.39 is 0 Å². The van der Waals surface area contributed by atoms with Gasteiger partial charge in [0, 0.05) is 29.0 Å². The van der Waals surface area contributed by atoms with E-state index in [0.717, 1.165) is 45.8 Å². The molecule has 0 saturated carbocycles. The third-order valence-electron chi connectivity index (χ3n) is 5.02. The largest absolute Gasteiger partial charge is 0.496 e. The number of hydrogen-bond acceptors (Lipinski definition) is 6. The molecule has 0 bridgehead atoms. The van der Waals surface area contributed by atoms with Gasteiger partial charge in [-0.1, -0.05) is 11.8 Å². The number of thioether (sulfide) groups is 1. The molecule has 2 heterocycles. The number of ether oxygens (including phenoxy) is 3. The Morgan fingerprint density at radius 2 is 1.97 bits per heavy atom. The number of rotatable bonds is 7. The minimum Gasteiger partial charge on any atom is -0.496 e. The van der Waals surface area contributed by atoms with E-state index in [2.05, 4.69) is 16.5 Å². The van der Waals surface area contributed by atoms with Gasteiger partial charge in [0.15, 0.2) is 22.4 Å². The zero-order valence-corrected chi connectivity index (χ0v) is 18.1. The second-order valence-corrected chi connectivity index (χ2v) is 7.84. The Kier molecular flexibility index (Phi) is 5.99. The summed E-state index contributed by atoms with van der Waals surface area (Å²) in [4.78, 5) is 16.4. The van der Waals surface area contributed by atoms with Crippen LogP contribution in [0.3, 0.4) is 0 Å². The molecule has 0 N–H and O–H groups in total. The number of carbonyl (C=O) groups is 1. The SMILES string of the molecule is CCn1c(-c2ccc3c(c2)OCCO3)cnc1SCc1cc(C(C)=O)ccc1OC. The average molecular weight is 425 g/mol. The molecule has 0 aliphatic carbocycles. The van der Waals surface area contributed by atoms with Crippen LogP contribution in [0.2, 0.25) is 0 Å². The molecule has 4 rings (SSSR count). The summed E-state index contributed by atoms with van der Waals surface area (Å²) in [6, 6.07) is 11.5. The van der Waals surface area contributed by atoms with Gasteiger partial charge >= 0.3 is 0 Å². The molecule has 156 valence electrons. The molecule has 0 saturated heterocycles. The number of imidazole rings is 1. The maximum Gasteiger partial charge on any atom is 0.168 e. The molecular formula is C23H24N2O4S. The number of hydrogen-bond donors (Lipinski definition) is 0. The van der Waals surface area contributed by atoms with Gasteiger partial charge in [-0.05, 0) is 50.2 Å². The summed E-state index contributed by atoms with van der Waals surface area (Å²) in [5.41, 5.74) is 3.72. The van der Waals surface area contributed by atoms with Gasteiger partial charge in [0.25, 0.3) is 0 Å². The Hall–Kier alpha value is -2.93. The Bertz CT molecular complexity index is 1080. The highest BCUT2D eigenvalue weighted by Crippen LogP contribution is 2.36. The Morgan fingerprint density at radius 3 is 2.70 bits per heavy atom. The van der Waals surface area contributed by atoms with Crippen LogP contribution in [0.1, 0.15) is 29.8 Å². The Labute approximate surface area is 180 Å². The quantitative estimate of drug-likeness (QED) is 0.399. The minimum absolute atomic E-state index is 0.0415. The van der Waals surface area contributed by atoms with Crippen molar-refractivity contribution in [2.75, 3.05) is 20.3 Å². The van der Waals surface area contributed by atoms with Crippen LogP contribution in [-0.2, 0) is 12.3 Å². The van der Waals surface area contributed by atoms with Gasteiger partial charge in [-0.2, -0.15) is 0 Å². The second-order valence-electron chi connectivity index (χ2n) is 6.90. The van der Waals surface area contributed by atoms with Crippen molar-refractivity contribution in [2.24, 2.45) is 0 Å². The van der Waals surface area contributed by atoms with Gasteiger partial charge in [0.05, 0.1) is 19.0 Å². The van der Waals surface area contributed by atoms with E-state index >= 15 is 0 Å². The Morgan fingerprint density at radius 1 is 1.17 bits per heavy atom. The fraction of sp³-hybridized carbons (Fsp3) is 0.304. The van der Waals surface area contributed by atoms with Crippen molar-refractivity contribution in [3.63, 3.8) is 0 Å². The fourth-order valence-electron chi connectivity index (χ4n) is 3.47. The summed E-state index contributed by atoms with van der Waals surface area (Å²) in [5.74, 6) is 3.01. The van der Waals surface area contributed by atoms with Gasteiger partial charge < -0.3 is 18.8 Å². The van der Waals surface area contributed by atoms with Crippen LogP contribution in [0.5, 0.6) is 17.2 Å². The summed E-state index contributed by atoms with van der Waals surface area (Å²) in [7, 11) is 1.64. The Balaban J connectivity index is 1.59. The molecule has 2 aromatic carbocycles. The van der Waals surface area contributed by atoms with Crippen molar-refractivity contribution in [2.45, 2.75) is 31.3 Å². The summed E-state index contributed by atoms with van der Waals surface area (Å²) in [6.07, 6.45) is 1.89. The zero-order chi connectivity index (χ0) is 21.1. The number of benzene rings is 2. The molecule has 0 amide bonds. The van der Waals surface area contributed by atoms with Gasteiger partial charge in [-0.15, -0.1) is 0 Å². The lowest BCUT2D eigenvalue weighted by atomic mass is 10.1. The number of fused-ring (bicyclic) bond motifs is 1. The highest BCUT2D eigenvalue weighted by molar-refractivity contribution is 7.98. The van der Waals surface area contributed by atoms with E-state index in [0.29, 0.717) is 24.5 Å². The lowest BCUT2D eigenvalue weighted by Crippen LogP contribution is -2.15. The zero-order valence-electron chi connectivity index (χ0n) is 17.3. The highest BCUT2D eigenvalue weighted by atomic mass is 32.2. The predicted octanol–water partition coefficient (Wildman–Crippen LogP) is 4.84. The van der Waals surface area contributed by atoms with E-state index in [9.17, 15) is 4.79 Å². The van der Waals surface area contributed by atoms with E-state index in [1.165, 1.54) is 0 Å². The first-order valence-corrected chi connectivity index (χ1v) is 10.9.